The molecule has 2 N–H and O–H groups in total. The van der Waals surface area contributed by atoms with Gasteiger partial charge in [0.05, 0.1) is 0 Å². The summed E-state index contributed by atoms with van der Waals surface area (Å²) in [7, 11) is 2.23. The van der Waals surface area contributed by atoms with E-state index in [9.17, 15) is 0 Å². The van der Waals surface area contributed by atoms with Gasteiger partial charge in [0.15, 0.2) is 0 Å². The van der Waals surface area contributed by atoms with Gasteiger partial charge in [-0.15, -0.1) is 0 Å². The number of piperidine rings is 1. The lowest BCUT2D eigenvalue weighted by molar-refractivity contribution is 0.0401. The lowest BCUT2D eigenvalue weighted by atomic mass is 9.85. The van der Waals surface area contributed by atoms with Gasteiger partial charge in [-0.05, 0) is 51.5 Å². The van der Waals surface area contributed by atoms with Gasteiger partial charge in [0.25, 0.3) is 0 Å². The Bertz CT molecular complexity index is 382. The van der Waals surface area contributed by atoms with Gasteiger partial charge in [0.1, 0.15) is 0 Å². The molecule has 1 aliphatic rings. The Morgan fingerprint density at radius 3 is 2.40 bits per heavy atom. The Kier molecular flexibility index (Phi) is 5.58. The molecule has 1 fully saturated rings. The van der Waals surface area contributed by atoms with Crippen LogP contribution in [-0.4, -0.2) is 48.6 Å². The van der Waals surface area contributed by atoms with Gasteiger partial charge in [0, 0.05) is 18.6 Å². The fourth-order valence-corrected chi connectivity index (χ4v) is 3.28. The van der Waals surface area contributed by atoms with Crippen LogP contribution in [-0.2, 0) is 6.54 Å². The number of benzene rings is 1. The molecule has 1 saturated heterocycles. The Morgan fingerprint density at radius 2 is 1.85 bits per heavy atom. The van der Waals surface area contributed by atoms with E-state index in [0.717, 1.165) is 13.1 Å². The highest BCUT2D eigenvalue weighted by Crippen LogP contribution is 2.28. The molecule has 112 valence electrons. The van der Waals surface area contributed by atoms with Crippen molar-refractivity contribution in [2.75, 3.05) is 33.2 Å². The molecule has 0 aliphatic carbocycles. The second kappa shape index (κ2) is 7.21. The van der Waals surface area contributed by atoms with E-state index in [0.29, 0.717) is 0 Å². The summed E-state index contributed by atoms with van der Waals surface area (Å²) in [5.41, 5.74) is 7.71. The van der Waals surface area contributed by atoms with Crippen LogP contribution in [0.2, 0.25) is 0 Å². The third-order valence-electron chi connectivity index (χ3n) is 4.78. The normalized spacial score (nSPS) is 19.4. The van der Waals surface area contributed by atoms with Gasteiger partial charge in [-0.2, -0.15) is 0 Å². The molecule has 3 nitrogen and oxygen atoms in total. The van der Waals surface area contributed by atoms with E-state index < -0.39 is 0 Å². The molecule has 0 saturated carbocycles. The summed E-state index contributed by atoms with van der Waals surface area (Å²) in [4.78, 5) is 5.05. The predicted molar refractivity (Wildman–Crippen MR) is 85.7 cm³/mol. The molecule has 0 unspecified atom stereocenters. The number of rotatable bonds is 6. The van der Waals surface area contributed by atoms with E-state index in [1.807, 2.05) is 0 Å². The van der Waals surface area contributed by atoms with Crippen molar-refractivity contribution in [3.8, 4) is 0 Å². The van der Waals surface area contributed by atoms with E-state index in [1.165, 1.54) is 44.5 Å². The van der Waals surface area contributed by atoms with Crippen LogP contribution in [0, 0.1) is 0 Å². The lowest BCUT2D eigenvalue weighted by Gasteiger charge is -2.47. The Balaban J connectivity index is 1.97. The monoisotopic (exact) mass is 275 g/mol. The highest BCUT2D eigenvalue weighted by Gasteiger charge is 2.36. The maximum absolute atomic E-state index is 6.15. The van der Waals surface area contributed by atoms with Gasteiger partial charge in [0.2, 0.25) is 0 Å². The minimum Gasteiger partial charge on any atom is -0.329 e. The van der Waals surface area contributed by atoms with E-state index in [1.54, 1.807) is 0 Å². The molecule has 0 spiro atoms. The minimum atomic E-state index is 0.181. The Morgan fingerprint density at radius 1 is 1.20 bits per heavy atom. The maximum Gasteiger partial charge on any atom is 0.0356 e. The van der Waals surface area contributed by atoms with E-state index in [2.05, 4.69) is 54.1 Å². The number of nitrogens with zero attached hydrogens (tertiary/aromatic N) is 2. The van der Waals surface area contributed by atoms with Crippen molar-refractivity contribution in [1.82, 2.24) is 9.80 Å². The molecule has 1 aliphatic heterocycles. The molecule has 0 bridgehead atoms. The first kappa shape index (κ1) is 15.5. The maximum atomic E-state index is 6.15. The number of hydrogen-bond donors (Lipinski definition) is 1. The standard InChI is InChI=1S/C17H29N3/c1-3-11-20-12-9-17(15-18,10-13-20)19(2)14-16-7-5-4-6-8-16/h4-8H,3,9-15,18H2,1-2H3. The van der Waals surface area contributed by atoms with Crippen LogP contribution in [0.4, 0.5) is 0 Å². The summed E-state index contributed by atoms with van der Waals surface area (Å²) in [6.45, 7) is 7.60. The second-order valence-electron chi connectivity index (χ2n) is 6.11. The van der Waals surface area contributed by atoms with E-state index in [-0.39, 0.29) is 5.54 Å². The fourth-order valence-electron chi connectivity index (χ4n) is 3.28. The van der Waals surface area contributed by atoms with Gasteiger partial charge in [-0.1, -0.05) is 37.3 Å². The van der Waals surface area contributed by atoms with Gasteiger partial charge in [-0.3, -0.25) is 4.90 Å². The molecule has 2 rings (SSSR count). The van der Waals surface area contributed by atoms with Crippen molar-refractivity contribution < 1.29 is 0 Å². The molecule has 20 heavy (non-hydrogen) atoms. The highest BCUT2D eigenvalue weighted by molar-refractivity contribution is 5.15. The summed E-state index contributed by atoms with van der Waals surface area (Å²) < 4.78 is 0. The molecule has 0 radical (unpaired) electrons. The van der Waals surface area contributed by atoms with E-state index in [4.69, 9.17) is 5.73 Å². The van der Waals surface area contributed by atoms with Crippen LogP contribution in [0.15, 0.2) is 30.3 Å². The minimum absolute atomic E-state index is 0.181. The summed E-state index contributed by atoms with van der Waals surface area (Å²) in [5, 5.41) is 0. The van der Waals surface area contributed by atoms with Crippen LogP contribution in [0.25, 0.3) is 0 Å². The van der Waals surface area contributed by atoms with Crippen molar-refractivity contribution in [3.05, 3.63) is 35.9 Å². The fraction of sp³-hybridized carbons (Fsp3) is 0.647. The summed E-state index contributed by atoms with van der Waals surface area (Å²) in [5.74, 6) is 0. The first-order valence-electron chi connectivity index (χ1n) is 7.88. The van der Waals surface area contributed by atoms with Gasteiger partial charge >= 0.3 is 0 Å². The molecule has 1 aromatic carbocycles. The van der Waals surface area contributed by atoms with Crippen LogP contribution < -0.4 is 5.73 Å². The number of likely N-dealkylation sites (N-methyl/N-ethyl adjacent to an activating group) is 1. The summed E-state index contributed by atoms with van der Waals surface area (Å²) in [6, 6.07) is 10.7. The largest absolute Gasteiger partial charge is 0.329 e. The zero-order valence-electron chi connectivity index (χ0n) is 13.0. The van der Waals surface area contributed by atoms with Crippen molar-refractivity contribution >= 4 is 0 Å². The summed E-state index contributed by atoms with van der Waals surface area (Å²) in [6.07, 6.45) is 3.62. The third-order valence-corrected chi connectivity index (χ3v) is 4.78. The quantitative estimate of drug-likeness (QED) is 0.865. The SMILES string of the molecule is CCCN1CCC(CN)(N(C)Cc2ccccc2)CC1. The Hall–Kier alpha value is -0.900. The predicted octanol–water partition coefficient (Wildman–Crippen LogP) is 2.32. The highest BCUT2D eigenvalue weighted by atomic mass is 15.2. The zero-order valence-corrected chi connectivity index (χ0v) is 13.0. The molecular weight excluding hydrogens is 246 g/mol. The molecule has 3 heteroatoms. The molecule has 0 aromatic heterocycles. The van der Waals surface area contributed by atoms with Crippen molar-refractivity contribution in [3.63, 3.8) is 0 Å². The van der Waals surface area contributed by atoms with Crippen LogP contribution in [0.1, 0.15) is 31.7 Å². The average Bonchev–Trinajstić information content (AvgIpc) is 2.49. The second-order valence-corrected chi connectivity index (χ2v) is 6.11. The number of hydrogen-bond acceptors (Lipinski definition) is 3. The molecule has 1 heterocycles. The smallest absolute Gasteiger partial charge is 0.0356 e. The van der Waals surface area contributed by atoms with Crippen LogP contribution in [0.5, 0.6) is 0 Å². The molecule has 1 aromatic rings. The van der Waals surface area contributed by atoms with Crippen LogP contribution in [0.3, 0.4) is 0 Å². The van der Waals surface area contributed by atoms with E-state index >= 15 is 0 Å². The molecule has 0 atom stereocenters. The average molecular weight is 275 g/mol. The van der Waals surface area contributed by atoms with Crippen molar-refractivity contribution in [2.24, 2.45) is 5.73 Å². The van der Waals surface area contributed by atoms with Gasteiger partial charge in [-0.25, -0.2) is 0 Å². The third kappa shape index (κ3) is 3.60. The van der Waals surface area contributed by atoms with Crippen molar-refractivity contribution in [1.29, 1.82) is 0 Å². The first-order chi connectivity index (χ1) is 9.70. The van der Waals surface area contributed by atoms with Crippen LogP contribution >= 0.6 is 0 Å². The molecular formula is C17H29N3. The number of nitrogens with two attached hydrogens (primary N) is 1. The van der Waals surface area contributed by atoms with Gasteiger partial charge < -0.3 is 10.6 Å². The Labute approximate surface area is 123 Å². The topological polar surface area (TPSA) is 32.5 Å². The first-order valence-corrected chi connectivity index (χ1v) is 7.88. The summed E-state index contributed by atoms with van der Waals surface area (Å²) >= 11 is 0. The molecule has 0 amide bonds. The zero-order chi connectivity index (χ0) is 14.4. The van der Waals surface area contributed by atoms with Crippen molar-refractivity contribution in [2.45, 2.75) is 38.3 Å². The number of likely N-dealkylation sites (tertiary alicyclic amines) is 1. The lowest BCUT2D eigenvalue weighted by Crippen LogP contribution is -2.57.